The molecule has 0 bridgehead atoms. The number of carbonyl (C=O) groups excluding carboxylic acids is 2. The van der Waals surface area contributed by atoms with Crippen molar-refractivity contribution in [2.75, 3.05) is 11.1 Å². The molecule has 0 aliphatic heterocycles. The van der Waals surface area contributed by atoms with Gasteiger partial charge in [0.25, 0.3) is 0 Å². The molecule has 1 heterocycles. The molecule has 0 fully saturated rings. The Kier molecular flexibility index (Phi) is 6.55. The number of thioether (sulfide) groups is 1. The standard InChI is InChI=1S/C19H14Cl2N2O2S2/c1-11(24)22-14-5-2-12(3-6-14)18(25)10-27-19-23-17(9-26-19)15-7-4-13(20)8-16(15)21/h2-9H,10H2,1H3,(H,22,24). The molecule has 4 nitrogen and oxygen atoms in total. The van der Waals surface area contributed by atoms with Crippen LogP contribution in [0.15, 0.2) is 52.2 Å². The van der Waals surface area contributed by atoms with Crippen LogP contribution in [0, 0.1) is 0 Å². The molecular weight excluding hydrogens is 423 g/mol. The smallest absolute Gasteiger partial charge is 0.221 e. The summed E-state index contributed by atoms with van der Waals surface area (Å²) in [4.78, 5) is 27.9. The van der Waals surface area contributed by atoms with Gasteiger partial charge < -0.3 is 5.32 Å². The SMILES string of the molecule is CC(=O)Nc1ccc(C(=O)CSc2nc(-c3ccc(Cl)cc3Cl)cs2)cc1. The molecule has 0 aliphatic rings. The molecule has 0 radical (unpaired) electrons. The lowest BCUT2D eigenvalue weighted by molar-refractivity contribution is -0.114. The van der Waals surface area contributed by atoms with E-state index in [4.69, 9.17) is 23.2 Å². The number of rotatable bonds is 6. The zero-order valence-electron chi connectivity index (χ0n) is 14.2. The summed E-state index contributed by atoms with van der Waals surface area (Å²) in [5, 5.41) is 5.69. The topological polar surface area (TPSA) is 59.1 Å². The largest absolute Gasteiger partial charge is 0.326 e. The van der Waals surface area contributed by atoms with Crippen LogP contribution in [0.2, 0.25) is 10.0 Å². The minimum atomic E-state index is -0.148. The Balaban J connectivity index is 1.62. The Morgan fingerprint density at radius 1 is 1.15 bits per heavy atom. The van der Waals surface area contributed by atoms with Crippen LogP contribution in [-0.4, -0.2) is 22.4 Å². The number of thiazole rings is 1. The van der Waals surface area contributed by atoms with Crippen LogP contribution in [0.3, 0.4) is 0 Å². The second-order valence-corrected chi connectivity index (χ2v) is 8.52. The third-order valence-corrected chi connectivity index (χ3v) is 6.11. The van der Waals surface area contributed by atoms with Gasteiger partial charge in [-0.15, -0.1) is 11.3 Å². The third kappa shape index (κ3) is 5.32. The predicted molar refractivity (Wildman–Crippen MR) is 113 cm³/mol. The van der Waals surface area contributed by atoms with E-state index in [1.165, 1.54) is 30.0 Å². The summed E-state index contributed by atoms with van der Waals surface area (Å²) >= 11 is 15.0. The normalized spacial score (nSPS) is 10.6. The average molecular weight is 437 g/mol. The van der Waals surface area contributed by atoms with Crippen LogP contribution in [0.25, 0.3) is 11.3 Å². The highest BCUT2D eigenvalue weighted by Crippen LogP contribution is 2.33. The molecule has 0 spiro atoms. The molecule has 0 saturated carbocycles. The first-order valence-corrected chi connectivity index (χ1v) is 10.5. The van der Waals surface area contributed by atoms with Gasteiger partial charge in [-0.3, -0.25) is 9.59 Å². The average Bonchev–Trinajstić information content (AvgIpc) is 3.08. The van der Waals surface area contributed by atoms with Gasteiger partial charge in [0.2, 0.25) is 5.91 Å². The summed E-state index contributed by atoms with van der Waals surface area (Å²) in [5.41, 5.74) is 2.82. The second-order valence-electron chi connectivity index (χ2n) is 5.59. The Hall–Kier alpha value is -1.86. The minimum Gasteiger partial charge on any atom is -0.326 e. The Morgan fingerprint density at radius 3 is 2.56 bits per heavy atom. The fraction of sp³-hybridized carbons (Fsp3) is 0.105. The Bertz CT molecular complexity index is 988. The Labute approximate surface area is 174 Å². The van der Waals surface area contributed by atoms with Crippen molar-refractivity contribution < 1.29 is 9.59 Å². The van der Waals surface area contributed by atoms with E-state index in [1.54, 1.807) is 36.4 Å². The molecule has 3 rings (SSSR count). The van der Waals surface area contributed by atoms with Gasteiger partial charge in [-0.1, -0.05) is 35.0 Å². The van der Waals surface area contributed by atoms with Crippen molar-refractivity contribution in [3.63, 3.8) is 0 Å². The molecule has 27 heavy (non-hydrogen) atoms. The number of hydrogen-bond donors (Lipinski definition) is 1. The number of Topliss-reactive ketones (excluding diaryl/α,β-unsaturated/α-hetero) is 1. The second kappa shape index (κ2) is 8.89. The van der Waals surface area contributed by atoms with Gasteiger partial charge in [0.05, 0.1) is 16.5 Å². The highest BCUT2D eigenvalue weighted by molar-refractivity contribution is 8.01. The zero-order chi connectivity index (χ0) is 19.4. The maximum atomic E-state index is 12.4. The van der Waals surface area contributed by atoms with E-state index in [0.29, 0.717) is 21.3 Å². The molecule has 2 aromatic carbocycles. The van der Waals surface area contributed by atoms with Crippen LogP contribution in [0.5, 0.6) is 0 Å². The molecule has 1 N–H and O–H groups in total. The third-order valence-electron chi connectivity index (χ3n) is 3.54. The summed E-state index contributed by atoms with van der Waals surface area (Å²) in [7, 11) is 0. The molecule has 138 valence electrons. The van der Waals surface area contributed by atoms with Crippen molar-refractivity contribution in [3.05, 3.63) is 63.5 Å². The van der Waals surface area contributed by atoms with Crippen LogP contribution >= 0.6 is 46.3 Å². The zero-order valence-corrected chi connectivity index (χ0v) is 17.3. The van der Waals surface area contributed by atoms with Gasteiger partial charge in [0.1, 0.15) is 0 Å². The van der Waals surface area contributed by atoms with E-state index in [2.05, 4.69) is 10.3 Å². The highest BCUT2D eigenvalue weighted by Gasteiger charge is 2.12. The summed E-state index contributed by atoms with van der Waals surface area (Å²) in [6, 6.07) is 12.1. The van der Waals surface area contributed by atoms with Crippen molar-refractivity contribution in [1.29, 1.82) is 0 Å². The fourth-order valence-electron chi connectivity index (χ4n) is 2.30. The molecular formula is C19H14Cl2N2O2S2. The first-order chi connectivity index (χ1) is 12.9. The van der Waals surface area contributed by atoms with E-state index in [-0.39, 0.29) is 17.4 Å². The van der Waals surface area contributed by atoms with E-state index >= 15 is 0 Å². The van der Waals surface area contributed by atoms with E-state index in [1.807, 2.05) is 11.4 Å². The fourth-order valence-corrected chi connectivity index (χ4v) is 4.52. The number of halogens is 2. The lowest BCUT2D eigenvalue weighted by Crippen LogP contribution is -2.06. The summed E-state index contributed by atoms with van der Waals surface area (Å²) < 4.78 is 0.791. The quantitative estimate of drug-likeness (QED) is 0.377. The number of aromatic nitrogens is 1. The van der Waals surface area contributed by atoms with Gasteiger partial charge >= 0.3 is 0 Å². The molecule has 8 heteroatoms. The Morgan fingerprint density at radius 2 is 1.89 bits per heavy atom. The van der Waals surface area contributed by atoms with Crippen molar-refractivity contribution in [3.8, 4) is 11.3 Å². The van der Waals surface area contributed by atoms with Crippen LogP contribution in [0.1, 0.15) is 17.3 Å². The summed E-state index contributed by atoms with van der Waals surface area (Å²) in [5.74, 6) is 0.126. The number of nitrogens with zero attached hydrogens (tertiary/aromatic N) is 1. The molecule has 0 saturated heterocycles. The molecule has 0 atom stereocenters. The van der Waals surface area contributed by atoms with Crippen molar-refractivity contribution in [2.45, 2.75) is 11.3 Å². The van der Waals surface area contributed by atoms with Gasteiger partial charge in [-0.25, -0.2) is 4.98 Å². The monoisotopic (exact) mass is 436 g/mol. The first kappa shape index (κ1) is 19.9. The van der Waals surface area contributed by atoms with Crippen LogP contribution in [-0.2, 0) is 4.79 Å². The minimum absolute atomic E-state index is 0.00403. The molecule has 1 aromatic heterocycles. The first-order valence-electron chi connectivity index (χ1n) is 7.87. The summed E-state index contributed by atoms with van der Waals surface area (Å²) in [6.45, 7) is 1.44. The van der Waals surface area contributed by atoms with E-state index < -0.39 is 0 Å². The van der Waals surface area contributed by atoms with Crippen LogP contribution < -0.4 is 5.32 Å². The number of benzene rings is 2. The number of nitrogens with one attached hydrogen (secondary N) is 1. The predicted octanol–water partition coefficient (Wildman–Crippen LogP) is 6.05. The van der Waals surface area contributed by atoms with Crippen molar-refractivity contribution in [2.24, 2.45) is 0 Å². The lowest BCUT2D eigenvalue weighted by atomic mass is 10.1. The molecule has 1 amide bonds. The molecule has 3 aromatic rings. The van der Waals surface area contributed by atoms with E-state index in [9.17, 15) is 9.59 Å². The summed E-state index contributed by atoms with van der Waals surface area (Å²) in [6.07, 6.45) is 0. The number of carbonyl (C=O) groups is 2. The molecule has 0 aliphatic carbocycles. The van der Waals surface area contributed by atoms with E-state index in [0.717, 1.165) is 15.6 Å². The number of hydrogen-bond acceptors (Lipinski definition) is 5. The number of anilines is 1. The van der Waals surface area contributed by atoms with Crippen molar-refractivity contribution >= 4 is 63.7 Å². The molecule has 0 unspecified atom stereocenters. The maximum Gasteiger partial charge on any atom is 0.221 e. The lowest BCUT2D eigenvalue weighted by Gasteiger charge is -2.04. The van der Waals surface area contributed by atoms with Gasteiger partial charge in [-0.2, -0.15) is 0 Å². The van der Waals surface area contributed by atoms with Crippen LogP contribution in [0.4, 0.5) is 5.69 Å². The number of ketones is 1. The van der Waals surface area contributed by atoms with Gasteiger partial charge in [0.15, 0.2) is 10.1 Å². The highest BCUT2D eigenvalue weighted by atomic mass is 35.5. The van der Waals surface area contributed by atoms with Crippen molar-refractivity contribution in [1.82, 2.24) is 4.98 Å². The van der Waals surface area contributed by atoms with Gasteiger partial charge in [-0.05, 0) is 42.5 Å². The maximum absolute atomic E-state index is 12.4. The number of amides is 1. The van der Waals surface area contributed by atoms with Gasteiger partial charge in [0, 0.05) is 34.1 Å².